The average Bonchev–Trinajstić information content (AvgIpc) is 3.11. The van der Waals surface area contributed by atoms with Crippen molar-refractivity contribution >= 4 is 27.5 Å². The smallest absolute Gasteiger partial charge is 0.341 e. The van der Waals surface area contributed by atoms with Gasteiger partial charge in [0, 0.05) is 18.3 Å². The highest BCUT2D eigenvalue weighted by atomic mass is 17.3. The maximum Gasteiger partial charge on any atom is 0.341 e. The lowest BCUT2D eigenvalue weighted by Crippen LogP contribution is -2.70. The van der Waals surface area contributed by atoms with E-state index in [4.69, 9.17) is 24.0 Å². The van der Waals surface area contributed by atoms with Gasteiger partial charge in [-0.3, -0.25) is 0 Å². The van der Waals surface area contributed by atoms with Gasteiger partial charge in [0.1, 0.15) is 0 Å². The highest BCUT2D eigenvalue weighted by molar-refractivity contribution is 6.16. The van der Waals surface area contributed by atoms with E-state index in [0.29, 0.717) is 11.5 Å². The lowest BCUT2D eigenvalue weighted by Gasteiger charge is -2.59. The molecular formula is C30H32O6. The average molecular weight is 489 g/mol. The van der Waals surface area contributed by atoms with E-state index in [1.807, 2.05) is 55.5 Å². The summed E-state index contributed by atoms with van der Waals surface area (Å²) in [5, 5.41) is 3.77. The number of fused-ring (bicyclic) bond motifs is 4. The predicted molar refractivity (Wildman–Crippen MR) is 134 cm³/mol. The van der Waals surface area contributed by atoms with Gasteiger partial charge >= 0.3 is 5.97 Å². The van der Waals surface area contributed by atoms with Crippen molar-refractivity contribution in [3.63, 3.8) is 0 Å². The lowest BCUT2D eigenvalue weighted by atomic mass is 9.58. The molecule has 0 unspecified atom stereocenters. The van der Waals surface area contributed by atoms with Crippen molar-refractivity contribution in [1.82, 2.24) is 0 Å². The zero-order valence-electron chi connectivity index (χ0n) is 20.9. The van der Waals surface area contributed by atoms with Gasteiger partial charge in [-0.25, -0.2) is 14.6 Å². The third-order valence-electron chi connectivity index (χ3n) is 9.30. The highest BCUT2D eigenvalue weighted by Gasteiger charge is 2.69. The number of esters is 1. The summed E-state index contributed by atoms with van der Waals surface area (Å²) in [7, 11) is 0. The number of ether oxygens (including phenoxy) is 3. The van der Waals surface area contributed by atoms with Crippen molar-refractivity contribution in [1.29, 1.82) is 0 Å². The lowest BCUT2D eigenvalue weighted by molar-refractivity contribution is -0.576. The number of benzene rings is 3. The Kier molecular flexibility index (Phi) is 5.03. The Bertz CT molecular complexity index is 1300. The fourth-order valence-electron chi connectivity index (χ4n) is 7.40. The second-order valence-corrected chi connectivity index (χ2v) is 11.4. The standard InChI is InChI=1S/C30H32O6/c1-17-12-13-24-18(2)27(33-28-30(24)23(17)14-15-29(3,34-28)35-36-30)32-26(31)25-21-10-6-4-8-19(21)16-20-9-5-7-11-22(20)25/h4-11,16-18,23-24,27-28H,12-15H2,1-3H3/t17-,18-,23+,24+,27+,28-,29+,30-/m1/s1. The molecule has 0 amide bonds. The molecule has 188 valence electrons. The van der Waals surface area contributed by atoms with Crippen LogP contribution in [0.5, 0.6) is 0 Å². The number of carbonyl (C=O) groups excluding carboxylic acids is 1. The summed E-state index contributed by atoms with van der Waals surface area (Å²) in [5.74, 6) is -0.463. The van der Waals surface area contributed by atoms with Crippen LogP contribution in [0.4, 0.5) is 0 Å². The van der Waals surface area contributed by atoms with Gasteiger partial charge in [-0.1, -0.05) is 62.4 Å². The van der Waals surface area contributed by atoms with Crippen LogP contribution in [0.2, 0.25) is 0 Å². The first-order valence-electron chi connectivity index (χ1n) is 13.2. The van der Waals surface area contributed by atoms with E-state index in [0.717, 1.165) is 47.2 Å². The van der Waals surface area contributed by atoms with Crippen LogP contribution in [0.1, 0.15) is 56.8 Å². The van der Waals surface area contributed by atoms with E-state index < -0.39 is 24.0 Å². The summed E-state index contributed by atoms with van der Waals surface area (Å²) in [5.41, 5.74) is -0.105. The number of hydrogen-bond donors (Lipinski definition) is 0. The van der Waals surface area contributed by atoms with Crippen molar-refractivity contribution in [2.24, 2.45) is 23.7 Å². The monoisotopic (exact) mass is 488 g/mol. The van der Waals surface area contributed by atoms with Crippen LogP contribution in [0, 0.1) is 23.7 Å². The summed E-state index contributed by atoms with van der Waals surface area (Å²) in [6.45, 7) is 6.30. The molecule has 1 saturated carbocycles. The van der Waals surface area contributed by atoms with Crippen LogP contribution < -0.4 is 0 Å². The Labute approximate surface area is 210 Å². The molecule has 0 N–H and O–H groups in total. The van der Waals surface area contributed by atoms with E-state index >= 15 is 0 Å². The fourth-order valence-corrected chi connectivity index (χ4v) is 7.40. The van der Waals surface area contributed by atoms with E-state index in [9.17, 15) is 4.79 Å². The molecule has 4 saturated heterocycles. The molecular weight excluding hydrogens is 456 g/mol. The van der Waals surface area contributed by atoms with Gasteiger partial charge in [0.05, 0.1) is 5.56 Å². The topological polar surface area (TPSA) is 63.2 Å². The van der Waals surface area contributed by atoms with E-state index in [1.165, 1.54) is 0 Å². The van der Waals surface area contributed by atoms with Gasteiger partial charge in [0.2, 0.25) is 12.1 Å². The molecule has 6 heteroatoms. The molecule has 8 atom stereocenters. The molecule has 6 nitrogen and oxygen atoms in total. The van der Waals surface area contributed by atoms with Gasteiger partial charge in [-0.2, -0.15) is 0 Å². The minimum Gasteiger partial charge on any atom is -0.432 e. The van der Waals surface area contributed by atoms with Gasteiger partial charge in [-0.05, 0) is 65.6 Å². The number of hydrogen-bond acceptors (Lipinski definition) is 6. The molecule has 5 fully saturated rings. The largest absolute Gasteiger partial charge is 0.432 e. The number of rotatable bonds is 2. The predicted octanol–water partition coefficient (Wildman–Crippen LogP) is 6.36. The first-order valence-corrected chi connectivity index (χ1v) is 13.2. The quantitative estimate of drug-likeness (QED) is 0.238. The third kappa shape index (κ3) is 3.14. The summed E-state index contributed by atoms with van der Waals surface area (Å²) < 4.78 is 19.1. The molecule has 0 aromatic heterocycles. The fraction of sp³-hybridized carbons (Fsp3) is 0.500. The summed E-state index contributed by atoms with van der Waals surface area (Å²) in [4.78, 5) is 26.0. The highest BCUT2D eigenvalue weighted by Crippen LogP contribution is 2.60. The van der Waals surface area contributed by atoms with Crippen LogP contribution in [-0.4, -0.2) is 29.9 Å². The van der Waals surface area contributed by atoms with E-state index in [-0.39, 0.29) is 23.7 Å². The summed E-state index contributed by atoms with van der Waals surface area (Å²) in [6.07, 6.45) is 2.38. The minimum atomic E-state index is -0.863. The van der Waals surface area contributed by atoms with E-state index in [2.05, 4.69) is 19.9 Å². The number of carbonyl (C=O) groups is 1. The maximum atomic E-state index is 13.9. The molecule has 5 aliphatic rings. The molecule has 2 bridgehead atoms. The zero-order chi connectivity index (χ0) is 24.7. The minimum absolute atomic E-state index is 0.0731. The van der Waals surface area contributed by atoms with Crippen molar-refractivity contribution in [2.45, 2.75) is 70.4 Å². The molecule has 4 heterocycles. The zero-order valence-corrected chi connectivity index (χ0v) is 20.9. The van der Waals surface area contributed by atoms with Crippen LogP contribution in [0.3, 0.4) is 0 Å². The van der Waals surface area contributed by atoms with Gasteiger partial charge < -0.3 is 14.2 Å². The van der Waals surface area contributed by atoms with Gasteiger partial charge in [0.15, 0.2) is 11.9 Å². The SMILES string of the molecule is C[C@H]1[C@@H](OC(=O)c2c3ccccc3cc3ccccc23)O[C@@H]2O[C@]3(C)CC[C@H]4[C@H](C)CC[C@@H]1[C@@]24OO3. The maximum absolute atomic E-state index is 13.9. The molecule has 1 aliphatic carbocycles. The Morgan fingerprint density at radius 3 is 2.33 bits per heavy atom. The molecule has 8 rings (SSSR count). The van der Waals surface area contributed by atoms with Crippen molar-refractivity contribution in [3.05, 3.63) is 60.2 Å². The molecule has 0 radical (unpaired) electrons. The Morgan fingerprint density at radius 2 is 1.61 bits per heavy atom. The van der Waals surface area contributed by atoms with Crippen LogP contribution >= 0.6 is 0 Å². The van der Waals surface area contributed by atoms with E-state index in [1.54, 1.807) is 0 Å². The van der Waals surface area contributed by atoms with Crippen molar-refractivity contribution < 1.29 is 28.8 Å². The van der Waals surface area contributed by atoms with Crippen molar-refractivity contribution in [3.8, 4) is 0 Å². The third-order valence-corrected chi connectivity index (χ3v) is 9.30. The molecule has 3 aromatic carbocycles. The van der Waals surface area contributed by atoms with Crippen LogP contribution in [0.25, 0.3) is 21.5 Å². The summed E-state index contributed by atoms with van der Waals surface area (Å²) in [6, 6.07) is 18.0. The van der Waals surface area contributed by atoms with Crippen molar-refractivity contribution in [2.75, 3.05) is 0 Å². The van der Waals surface area contributed by atoms with Crippen LogP contribution in [-0.2, 0) is 24.0 Å². The Hall–Kier alpha value is -2.51. The first kappa shape index (κ1) is 22.7. The molecule has 1 spiro atoms. The second kappa shape index (κ2) is 7.99. The Balaban J connectivity index is 1.27. The Morgan fingerprint density at radius 1 is 0.917 bits per heavy atom. The molecule has 4 aliphatic heterocycles. The molecule has 36 heavy (non-hydrogen) atoms. The molecule has 3 aromatic rings. The van der Waals surface area contributed by atoms with Crippen LogP contribution in [0.15, 0.2) is 54.6 Å². The van der Waals surface area contributed by atoms with Gasteiger partial charge in [0.25, 0.3) is 0 Å². The summed E-state index contributed by atoms with van der Waals surface area (Å²) >= 11 is 0. The first-order chi connectivity index (χ1) is 17.4. The van der Waals surface area contributed by atoms with Gasteiger partial charge in [-0.15, -0.1) is 0 Å². The second-order valence-electron chi connectivity index (χ2n) is 11.4. The normalized spacial score (nSPS) is 39.5.